The number of nitrogens with one attached hydrogen (secondary N) is 2. The molecule has 0 heterocycles. The number of rotatable bonds is 8. The van der Waals surface area contributed by atoms with Gasteiger partial charge in [-0.3, -0.25) is 9.59 Å². The van der Waals surface area contributed by atoms with E-state index < -0.39 is 0 Å². The van der Waals surface area contributed by atoms with Crippen LogP contribution in [-0.2, 0) is 9.59 Å². The molecule has 0 radical (unpaired) electrons. The van der Waals surface area contributed by atoms with Crippen LogP contribution in [0, 0.1) is 11.8 Å². The smallest absolute Gasteiger partial charge is 0.228 e. The van der Waals surface area contributed by atoms with E-state index in [4.69, 9.17) is 0 Å². The summed E-state index contributed by atoms with van der Waals surface area (Å²) in [5.74, 6) is -0.429. The van der Waals surface area contributed by atoms with E-state index in [2.05, 4.69) is 29.4 Å². The second-order valence-electron chi connectivity index (χ2n) is 6.47. The fourth-order valence-corrected chi connectivity index (χ4v) is 2.81. The zero-order valence-electron chi connectivity index (χ0n) is 15.1. The van der Waals surface area contributed by atoms with E-state index >= 15 is 0 Å². The number of carbonyl (C=O) groups is 2. The Morgan fingerprint density at radius 1 is 1.08 bits per heavy atom. The Hall–Kier alpha value is -2.04. The number of amides is 2. The molecule has 1 saturated carbocycles. The maximum Gasteiger partial charge on any atom is 0.228 e. The molecule has 1 fully saturated rings. The minimum absolute atomic E-state index is 0.00128. The van der Waals surface area contributed by atoms with Crippen molar-refractivity contribution in [3.05, 3.63) is 24.3 Å². The first kappa shape index (κ1) is 18.3. The van der Waals surface area contributed by atoms with Crippen molar-refractivity contribution in [3.63, 3.8) is 0 Å². The predicted molar refractivity (Wildman–Crippen MR) is 98.1 cm³/mol. The lowest BCUT2D eigenvalue weighted by Gasteiger charge is -2.21. The highest BCUT2D eigenvalue weighted by Gasteiger charge is 2.48. The molecule has 1 aromatic carbocycles. The average Bonchev–Trinajstić information content (AvgIpc) is 3.38. The van der Waals surface area contributed by atoms with E-state index in [0.29, 0.717) is 6.42 Å². The summed E-state index contributed by atoms with van der Waals surface area (Å²) in [5.41, 5.74) is 1.93. The van der Waals surface area contributed by atoms with Crippen molar-refractivity contribution in [1.29, 1.82) is 0 Å². The van der Waals surface area contributed by atoms with Crippen molar-refractivity contribution in [2.45, 2.75) is 46.6 Å². The number of carbonyl (C=O) groups excluding carboxylic acids is 2. The number of anilines is 2. The summed E-state index contributed by atoms with van der Waals surface area (Å²) < 4.78 is 0. The Bertz CT molecular complexity index is 566. The summed E-state index contributed by atoms with van der Waals surface area (Å²) in [6.45, 7) is 10.2. The summed E-state index contributed by atoms with van der Waals surface area (Å²) in [6, 6.07) is 8.03. The molecule has 2 rings (SSSR count). The molecule has 1 aliphatic rings. The molecule has 0 spiro atoms. The van der Waals surface area contributed by atoms with E-state index in [9.17, 15) is 9.59 Å². The Balaban J connectivity index is 1.86. The molecule has 2 N–H and O–H groups in total. The van der Waals surface area contributed by atoms with E-state index in [-0.39, 0.29) is 29.7 Å². The number of hydrogen-bond donors (Lipinski definition) is 2. The summed E-state index contributed by atoms with van der Waals surface area (Å²) in [5, 5.41) is 5.87. The fourth-order valence-electron chi connectivity index (χ4n) is 2.81. The van der Waals surface area contributed by atoms with Crippen LogP contribution in [-0.4, -0.2) is 30.9 Å². The highest BCUT2D eigenvalue weighted by Crippen LogP contribution is 2.39. The minimum Gasteiger partial charge on any atom is -0.372 e. The second-order valence-corrected chi connectivity index (χ2v) is 6.47. The van der Waals surface area contributed by atoms with Crippen LogP contribution >= 0.6 is 0 Å². The molecule has 24 heavy (non-hydrogen) atoms. The summed E-state index contributed by atoms with van der Waals surface area (Å²) >= 11 is 0. The molecule has 2 amide bonds. The van der Waals surface area contributed by atoms with Gasteiger partial charge < -0.3 is 15.5 Å². The van der Waals surface area contributed by atoms with Crippen LogP contribution in [0.15, 0.2) is 24.3 Å². The van der Waals surface area contributed by atoms with Gasteiger partial charge in [0.25, 0.3) is 0 Å². The second kappa shape index (κ2) is 8.18. The van der Waals surface area contributed by atoms with Gasteiger partial charge in [0, 0.05) is 30.5 Å². The van der Waals surface area contributed by atoms with Crippen LogP contribution in [0.3, 0.4) is 0 Å². The van der Waals surface area contributed by atoms with Crippen molar-refractivity contribution < 1.29 is 9.59 Å². The van der Waals surface area contributed by atoms with Gasteiger partial charge in [-0.25, -0.2) is 0 Å². The Kier molecular flexibility index (Phi) is 6.23. The molecule has 5 heteroatoms. The minimum atomic E-state index is -0.198. The Labute approximate surface area is 144 Å². The van der Waals surface area contributed by atoms with E-state index in [0.717, 1.165) is 30.9 Å². The lowest BCUT2D eigenvalue weighted by atomic mass is 10.2. The van der Waals surface area contributed by atoms with Crippen molar-refractivity contribution >= 4 is 23.2 Å². The number of hydrogen-bond acceptors (Lipinski definition) is 3. The maximum absolute atomic E-state index is 12.3. The van der Waals surface area contributed by atoms with Crippen LogP contribution in [0.4, 0.5) is 11.4 Å². The van der Waals surface area contributed by atoms with Crippen LogP contribution in [0.2, 0.25) is 0 Å². The Morgan fingerprint density at radius 2 is 1.67 bits per heavy atom. The van der Waals surface area contributed by atoms with Crippen molar-refractivity contribution in [2.75, 3.05) is 23.3 Å². The molecule has 3 atom stereocenters. The predicted octanol–water partition coefficient (Wildman–Crippen LogP) is 3.02. The fraction of sp³-hybridized carbons (Fsp3) is 0.579. The molecule has 5 nitrogen and oxygen atoms in total. The highest BCUT2D eigenvalue weighted by atomic mass is 16.2. The van der Waals surface area contributed by atoms with Crippen molar-refractivity contribution in [1.82, 2.24) is 5.32 Å². The van der Waals surface area contributed by atoms with Gasteiger partial charge in [0.1, 0.15) is 0 Å². The van der Waals surface area contributed by atoms with Crippen LogP contribution in [0.5, 0.6) is 0 Å². The van der Waals surface area contributed by atoms with Gasteiger partial charge in [0.2, 0.25) is 11.8 Å². The third-order valence-corrected chi connectivity index (χ3v) is 4.73. The summed E-state index contributed by atoms with van der Waals surface area (Å²) in [6.07, 6.45) is 1.54. The van der Waals surface area contributed by atoms with Gasteiger partial charge in [-0.2, -0.15) is 0 Å². The SMILES string of the molecule is CCC(C)NC(=O)C1CC1C(=O)Nc1ccc(N(CC)CC)cc1. The van der Waals surface area contributed by atoms with Gasteiger partial charge in [-0.1, -0.05) is 6.92 Å². The first-order valence-electron chi connectivity index (χ1n) is 8.96. The molecular formula is C19H29N3O2. The molecular weight excluding hydrogens is 302 g/mol. The van der Waals surface area contributed by atoms with E-state index in [1.54, 1.807) is 0 Å². The first-order valence-corrected chi connectivity index (χ1v) is 8.96. The molecule has 0 aliphatic heterocycles. The van der Waals surface area contributed by atoms with Gasteiger partial charge in [0.15, 0.2) is 0 Å². The maximum atomic E-state index is 12.3. The van der Waals surface area contributed by atoms with Gasteiger partial charge in [-0.15, -0.1) is 0 Å². The molecule has 1 aromatic rings. The molecule has 0 aromatic heterocycles. The van der Waals surface area contributed by atoms with Crippen LogP contribution in [0.25, 0.3) is 0 Å². The topological polar surface area (TPSA) is 61.4 Å². The third-order valence-electron chi connectivity index (χ3n) is 4.73. The first-order chi connectivity index (χ1) is 11.5. The molecule has 0 saturated heterocycles. The monoisotopic (exact) mass is 331 g/mol. The van der Waals surface area contributed by atoms with Crippen molar-refractivity contribution in [2.24, 2.45) is 11.8 Å². The van der Waals surface area contributed by atoms with Gasteiger partial charge in [-0.05, 0) is 57.9 Å². The summed E-state index contributed by atoms with van der Waals surface area (Å²) in [4.78, 5) is 26.6. The lowest BCUT2D eigenvalue weighted by Crippen LogP contribution is -2.34. The van der Waals surface area contributed by atoms with E-state index in [1.165, 1.54) is 0 Å². The van der Waals surface area contributed by atoms with Gasteiger partial charge in [0.05, 0.1) is 11.8 Å². The largest absolute Gasteiger partial charge is 0.372 e. The van der Waals surface area contributed by atoms with E-state index in [1.807, 2.05) is 38.1 Å². The Morgan fingerprint density at radius 3 is 2.21 bits per heavy atom. The molecule has 3 unspecified atom stereocenters. The lowest BCUT2D eigenvalue weighted by molar-refractivity contribution is -0.125. The van der Waals surface area contributed by atoms with Crippen LogP contribution in [0.1, 0.15) is 40.5 Å². The normalized spacial score (nSPS) is 20.2. The highest BCUT2D eigenvalue weighted by molar-refractivity contribution is 5.99. The third kappa shape index (κ3) is 4.49. The molecule has 1 aliphatic carbocycles. The zero-order chi connectivity index (χ0) is 17.7. The van der Waals surface area contributed by atoms with Crippen molar-refractivity contribution in [3.8, 4) is 0 Å². The molecule has 0 bridgehead atoms. The van der Waals surface area contributed by atoms with Crippen LogP contribution < -0.4 is 15.5 Å². The summed E-state index contributed by atoms with van der Waals surface area (Å²) in [7, 11) is 0. The number of benzene rings is 1. The zero-order valence-corrected chi connectivity index (χ0v) is 15.1. The average molecular weight is 331 g/mol. The number of nitrogens with zero attached hydrogens (tertiary/aromatic N) is 1. The quantitative estimate of drug-likeness (QED) is 0.770. The standard InChI is InChI=1S/C19H29N3O2/c1-5-13(4)20-18(23)16-12-17(16)19(24)21-14-8-10-15(11-9-14)22(6-2)7-3/h8-11,13,16-17H,5-7,12H2,1-4H3,(H,20,23)(H,21,24). The molecule has 132 valence electrons. The van der Waals surface area contributed by atoms with Gasteiger partial charge >= 0.3 is 0 Å².